The van der Waals surface area contributed by atoms with Gasteiger partial charge in [-0.1, -0.05) is 30.3 Å². The van der Waals surface area contributed by atoms with E-state index in [0.717, 1.165) is 12.1 Å². The van der Waals surface area contributed by atoms with Gasteiger partial charge in [-0.3, -0.25) is 4.99 Å². The Morgan fingerprint density at radius 2 is 1.81 bits per heavy atom. The van der Waals surface area contributed by atoms with Crippen LogP contribution in [0.25, 0.3) is 5.57 Å². The summed E-state index contributed by atoms with van der Waals surface area (Å²) in [6, 6.07) is 8.60. The van der Waals surface area contributed by atoms with E-state index < -0.39 is 0 Å². The van der Waals surface area contributed by atoms with Crippen molar-refractivity contribution in [2.75, 3.05) is 14.1 Å². The molecule has 0 fully saturated rings. The fourth-order valence-electron chi connectivity index (χ4n) is 2.79. The van der Waals surface area contributed by atoms with Gasteiger partial charge in [0.05, 0.1) is 5.54 Å². The van der Waals surface area contributed by atoms with Crippen molar-refractivity contribution in [1.82, 2.24) is 4.90 Å². The van der Waals surface area contributed by atoms with Crippen molar-refractivity contribution in [2.45, 2.75) is 39.7 Å². The minimum Gasteiger partial charge on any atom is -0.377 e. The molecule has 0 aliphatic heterocycles. The molecule has 0 N–H and O–H groups in total. The molecule has 112 valence electrons. The molecule has 2 heteroatoms. The lowest BCUT2D eigenvalue weighted by Gasteiger charge is -2.19. The summed E-state index contributed by atoms with van der Waals surface area (Å²) in [5.41, 5.74) is 6.28. The molecular formula is C19H26N2. The van der Waals surface area contributed by atoms with Crippen LogP contribution in [0.3, 0.4) is 0 Å². The van der Waals surface area contributed by atoms with Crippen LogP contribution in [0.2, 0.25) is 0 Å². The lowest BCUT2D eigenvalue weighted by atomic mass is 9.95. The maximum absolute atomic E-state index is 4.84. The highest BCUT2D eigenvalue weighted by molar-refractivity contribution is 6.03. The largest absolute Gasteiger partial charge is 0.377 e. The summed E-state index contributed by atoms with van der Waals surface area (Å²) < 4.78 is 0. The normalized spacial score (nSPS) is 15.8. The van der Waals surface area contributed by atoms with Gasteiger partial charge in [-0.05, 0) is 51.3 Å². The zero-order valence-electron chi connectivity index (χ0n) is 14.1. The molecule has 2 rings (SSSR count). The van der Waals surface area contributed by atoms with E-state index in [9.17, 15) is 0 Å². The number of rotatable bonds is 3. The second-order valence-electron chi connectivity index (χ2n) is 6.78. The summed E-state index contributed by atoms with van der Waals surface area (Å²) in [5.74, 6) is 0. The van der Waals surface area contributed by atoms with Crippen LogP contribution in [0, 0.1) is 0 Å². The van der Waals surface area contributed by atoms with Crippen molar-refractivity contribution in [3.63, 3.8) is 0 Å². The highest BCUT2D eigenvalue weighted by Crippen LogP contribution is 2.32. The van der Waals surface area contributed by atoms with Crippen LogP contribution in [0.15, 0.2) is 47.1 Å². The Morgan fingerprint density at radius 3 is 2.43 bits per heavy atom. The van der Waals surface area contributed by atoms with Gasteiger partial charge in [0.25, 0.3) is 0 Å². The summed E-state index contributed by atoms with van der Waals surface area (Å²) in [7, 11) is 4.20. The first kappa shape index (κ1) is 15.6. The first-order chi connectivity index (χ1) is 9.79. The van der Waals surface area contributed by atoms with Crippen LogP contribution in [0.4, 0.5) is 0 Å². The number of aliphatic imine (C=N–C) groups is 1. The van der Waals surface area contributed by atoms with Crippen molar-refractivity contribution in [1.29, 1.82) is 0 Å². The van der Waals surface area contributed by atoms with Crippen molar-refractivity contribution in [2.24, 2.45) is 4.99 Å². The summed E-state index contributed by atoms with van der Waals surface area (Å²) >= 11 is 0. The first-order valence-electron chi connectivity index (χ1n) is 7.53. The van der Waals surface area contributed by atoms with Crippen LogP contribution >= 0.6 is 0 Å². The molecule has 2 nitrogen and oxygen atoms in total. The zero-order chi connectivity index (χ0) is 15.6. The fourth-order valence-corrected chi connectivity index (χ4v) is 2.79. The third-order valence-corrected chi connectivity index (χ3v) is 3.53. The van der Waals surface area contributed by atoms with Gasteiger partial charge in [0, 0.05) is 31.1 Å². The van der Waals surface area contributed by atoms with Crippen LogP contribution in [0.1, 0.15) is 45.2 Å². The molecule has 0 aromatic heterocycles. The van der Waals surface area contributed by atoms with Crippen LogP contribution in [-0.2, 0) is 0 Å². The lowest BCUT2D eigenvalue weighted by Crippen LogP contribution is -2.15. The second kappa shape index (κ2) is 5.88. The Labute approximate surface area is 128 Å². The summed E-state index contributed by atoms with van der Waals surface area (Å²) in [5, 5.41) is 0. The maximum atomic E-state index is 4.84. The van der Waals surface area contributed by atoms with E-state index in [-0.39, 0.29) is 5.54 Å². The van der Waals surface area contributed by atoms with Gasteiger partial charge in [-0.25, -0.2) is 0 Å². The topological polar surface area (TPSA) is 15.6 Å². The van der Waals surface area contributed by atoms with E-state index in [0.29, 0.717) is 0 Å². The summed E-state index contributed by atoms with van der Waals surface area (Å²) in [4.78, 5) is 7.03. The lowest BCUT2D eigenvalue weighted by molar-refractivity contribution is 0.533. The van der Waals surface area contributed by atoms with E-state index in [1.54, 1.807) is 0 Å². The van der Waals surface area contributed by atoms with Crippen LogP contribution in [-0.4, -0.2) is 30.2 Å². The molecule has 1 aromatic carbocycles. The molecule has 0 saturated heterocycles. The summed E-state index contributed by atoms with van der Waals surface area (Å²) in [6.45, 7) is 8.53. The van der Waals surface area contributed by atoms with Gasteiger partial charge in [0.15, 0.2) is 0 Å². The van der Waals surface area contributed by atoms with E-state index in [1.165, 1.54) is 22.4 Å². The predicted octanol–water partition coefficient (Wildman–Crippen LogP) is 4.53. The number of likely N-dealkylation sites (N-methyl/N-ethyl adjacent to an activating group) is 1. The Bertz CT molecular complexity index is 611. The number of hydrogen-bond donors (Lipinski definition) is 0. The Hall–Kier alpha value is -1.83. The molecule has 0 spiro atoms. The van der Waals surface area contributed by atoms with Gasteiger partial charge >= 0.3 is 0 Å². The fraction of sp³-hybridized carbons (Fsp3) is 0.421. The molecule has 1 aliphatic carbocycles. The van der Waals surface area contributed by atoms with Gasteiger partial charge in [-0.15, -0.1) is 0 Å². The molecule has 0 radical (unpaired) electrons. The molecule has 0 saturated carbocycles. The van der Waals surface area contributed by atoms with Crippen LogP contribution in [0.5, 0.6) is 0 Å². The zero-order valence-corrected chi connectivity index (χ0v) is 14.1. The standard InChI is InChI=1S/C19H26N2/c1-14(20-19(2,3)4)15-10-7-8-11-16(15)17-12-9-13-18(17)21(5)6/h7-11,13H,12H2,1-6H3/b20-14+. The Kier molecular flexibility index (Phi) is 4.36. The average molecular weight is 282 g/mol. The SMILES string of the molecule is C/C(=N\C(C)(C)C)c1ccccc1C1=C(N(C)C)C=CC1. The van der Waals surface area contributed by atoms with E-state index in [4.69, 9.17) is 4.99 Å². The van der Waals surface area contributed by atoms with Crippen molar-refractivity contribution in [3.05, 3.63) is 53.2 Å². The monoisotopic (exact) mass is 282 g/mol. The molecule has 0 amide bonds. The van der Waals surface area contributed by atoms with E-state index >= 15 is 0 Å². The highest BCUT2D eigenvalue weighted by Gasteiger charge is 2.18. The molecule has 0 bridgehead atoms. The Morgan fingerprint density at radius 1 is 1.14 bits per heavy atom. The van der Waals surface area contributed by atoms with Gasteiger partial charge < -0.3 is 4.90 Å². The molecule has 1 aromatic rings. The highest BCUT2D eigenvalue weighted by atomic mass is 15.1. The average Bonchev–Trinajstić information content (AvgIpc) is 2.85. The Balaban J connectivity index is 2.53. The third kappa shape index (κ3) is 3.63. The van der Waals surface area contributed by atoms with Crippen LogP contribution < -0.4 is 0 Å². The minimum atomic E-state index is -0.0517. The predicted molar refractivity (Wildman–Crippen MR) is 92.8 cm³/mol. The molecule has 1 aliphatic rings. The smallest absolute Gasteiger partial charge is 0.0527 e. The van der Waals surface area contributed by atoms with Gasteiger partial charge in [0.2, 0.25) is 0 Å². The number of hydrogen-bond acceptors (Lipinski definition) is 2. The molecule has 0 atom stereocenters. The molecular weight excluding hydrogens is 256 g/mol. The summed E-state index contributed by atoms with van der Waals surface area (Å²) in [6.07, 6.45) is 5.44. The van der Waals surface area contributed by atoms with Gasteiger partial charge in [0.1, 0.15) is 0 Å². The van der Waals surface area contributed by atoms with Crippen molar-refractivity contribution < 1.29 is 0 Å². The van der Waals surface area contributed by atoms with Crippen molar-refractivity contribution in [3.8, 4) is 0 Å². The van der Waals surface area contributed by atoms with E-state index in [2.05, 4.69) is 83.1 Å². The molecule has 0 unspecified atom stereocenters. The van der Waals surface area contributed by atoms with Gasteiger partial charge in [-0.2, -0.15) is 0 Å². The first-order valence-corrected chi connectivity index (χ1v) is 7.53. The molecule has 0 heterocycles. The number of allylic oxidation sites excluding steroid dienone is 3. The van der Waals surface area contributed by atoms with E-state index in [1.807, 2.05) is 0 Å². The minimum absolute atomic E-state index is 0.0517. The van der Waals surface area contributed by atoms with Crippen molar-refractivity contribution >= 4 is 11.3 Å². The maximum Gasteiger partial charge on any atom is 0.0527 e. The second-order valence-corrected chi connectivity index (χ2v) is 6.78. The molecule has 21 heavy (non-hydrogen) atoms. The number of nitrogens with zero attached hydrogens (tertiary/aromatic N) is 2. The number of benzene rings is 1. The quantitative estimate of drug-likeness (QED) is 0.744. The third-order valence-electron chi connectivity index (χ3n) is 3.53.